The van der Waals surface area contributed by atoms with Gasteiger partial charge in [-0.15, -0.1) is 0 Å². The first-order valence-electron chi connectivity index (χ1n) is 6.67. The fraction of sp³-hybridized carbons (Fsp3) is 0.571. The molecule has 1 amide bonds. The van der Waals surface area contributed by atoms with E-state index < -0.39 is 5.82 Å². The standard InChI is InChI=1S/C14H20FN3O/c1-9-5-7-18(10(2)8-9)14(19)11-4-6-17-13(16-3)12(11)15/h4,6,9-10H,5,7-8H2,1-3H3,(H,16,17). The van der Waals surface area contributed by atoms with E-state index in [1.807, 2.05) is 6.92 Å². The summed E-state index contributed by atoms with van der Waals surface area (Å²) >= 11 is 0. The van der Waals surface area contributed by atoms with Crippen molar-refractivity contribution in [3.63, 3.8) is 0 Å². The number of amides is 1. The summed E-state index contributed by atoms with van der Waals surface area (Å²) in [4.78, 5) is 18.1. The Balaban J connectivity index is 2.24. The lowest BCUT2D eigenvalue weighted by Gasteiger charge is -2.36. The molecular weight excluding hydrogens is 245 g/mol. The van der Waals surface area contributed by atoms with Crippen molar-refractivity contribution in [3.8, 4) is 0 Å². The zero-order valence-electron chi connectivity index (χ0n) is 11.6. The van der Waals surface area contributed by atoms with Crippen molar-refractivity contribution in [1.82, 2.24) is 9.88 Å². The Morgan fingerprint density at radius 2 is 2.26 bits per heavy atom. The molecule has 2 rings (SSSR count). The highest BCUT2D eigenvalue weighted by Gasteiger charge is 2.29. The van der Waals surface area contributed by atoms with E-state index in [9.17, 15) is 9.18 Å². The van der Waals surface area contributed by atoms with Crippen LogP contribution in [0.25, 0.3) is 0 Å². The zero-order chi connectivity index (χ0) is 14.0. The molecule has 1 aromatic heterocycles. The van der Waals surface area contributed by atoms with Crippen LogP contribution < -0.4 is 5.32 Å². The average molecular weight is 265 g/mol. The van der Waals surface area contributed by atoms with Gasteiger partial charge in [0.05, 0.1) is 5.56 Å². The van der Waals surface area contributed by atoms with Crippen LogP contribution in [0.15, 0.2) is 12.3 Å². The van der Waals surface area contributed by atoms with Gasteiger partial charge in [0.25, 0.3) is 5.91 Å². The molecule has 1 fully saturated rings. The molecule has 0 spiro atoms. The number of carbonyl (C=O) groups is 1. The zero-order valence-corrected chi connectivity index (χ0v) is 11.6. The van der Waals surface area contributed by atoms with Gasteiger partial charge >= 0.3 is 0 Å². The minimum Gasteiger partial charge on any atom is -0.371 e. The summed E-state index contributed by atoms with van der Waals surface area (Å²) in [5.41, 5.74) is 0.0979. The maximum absolute atomic E-state index is 14.1. The molecule has 1 N–H and O–H groups in total. The minimum absolute atomic E-state index is 0.0979. The number of hydrogen-bond acceptors (Lipinski definition) is 3. The third kappa shape index (κ3) is 2.69. The van der Waals surface area contributed by atoms with Gasteiger partial charge in [-0.25, -0.2) is 9.37 Å². The lowest BCUT2D eigenvalue weighted by atomic mass is 9.93. The number of halogens is 1. The third-order valence-corrected chi connectivity index (χ3v) is 3.76. The second kappa shape index (κ2) is 5.55. The molecule has 4 nitrogen and oxygen atoms in total. The molecule has 1 aromatic rings. The van der Waals surface area contributed by atoms with Crippen LogP contribution in [-0.2, 0) is 0 Å². The Morgan fingerprint density at radius 1 is 1.53 bits per heavy atom. The van der Waals surface area contributed by atoms with Gasteiger partial charge in [0.2, 0.25) is 0 Å². The second-order valence-electron chi connectivity index (χ2n) is 5.25. The number of rotatable bonds is 2. The number of carbonyl (C=O) groups excluding carboxylic acids is 1. The number of nitrogens with one attached hydrogen (secondary N) is 1. The number of hydrogen-bond donors (Lipinski definition) is 1. The van der Waals surface area contributed by atoms with Gasteiger partial charge in [0, 0.05) is 25.8 Å². The van der Waals surface area contributed by atoms with Crippen LogP contribution in [0.3, 0.4) is 0 Å². The minimum atomic E-state index is -0.569. The molecule has 1 saturated heterocycles. The van der Waals surface area contributed by atoms with E-state index in [4.69, 9.17) is 0 Å². The molecule has 2 heterocycles. The highest BCUT2D eigenvalue weighted by Crippen LogP contribution is 2.25. The van der Waals surface area contributed by atoms with Gasteiger partial charge in [-0.05, 0) is 31.7 Å². The van der Waals surface area contributed by atoms with Crippen molar-refractivity contribution in [2.24, 2.45) is 5.92 Å². The molecule has 104 valence electrons. The molecule has 19 heavy (non-hydrogen) atoms. The molecule has 2 unspecified atom stereocenters. The van der Waals surface area contributed by atoms with E-state index >= 15 is 0 Å². The summed E-state index contributed by atoms with van der Waals surface area (Å²) < 4.78 is 14.1. The smallest absolute Gasteiger partial charge is 0.257 e. The Morgan fingerprint density at radius 3 is 2.89 bits per heavy atom. The van der Waals surface area contributed by atoms with Crippen molar-refractivity contribution in [2.45, 2.75) is 32.7 Å². The molecule has 5 heteroatoms. The maximum atomic E-state index is 14.1. The molecule has 0 saturated carbocycles. The van der Waals surface area contributed by atoms with Crippen LogP contribution in [0.2, 0.25) is 0 Å². The molecule has 0 radical (unpaired) electrons. The van der Waals surface area contributed by atoms with Crippen molar-refractivity contribution < 1.29 is 9.18 Å². The largest absolute Gasteiger partial charge is 0.371 e. The fourth-order valence-corrected chi connectivity index (χ4v) is 2.65. The van der Waals surface area contributed by atoms with Crippen molar-refractivity contribution in [1.29, 1.82) is 0 Å². The number of piperidine rings is 1. The number of anilines is 1. The summed E-state index contributed by atoms with van der Waals surface area (Å²) in [5, 5.41) is 2.65. The summed E-state index contributed by atoms with van der Waals surface area (Å²) in [7, 11) is 1.59. The van der Waals surface area contributed by atoms with Crippen LogP contribution in [0.1, 0.15) is 37.0 Å². The number of pyridine rings is 1. The van der Waals surface area contributed by atoms with Crippen molar-refractivity contribution in [3.05, 3.63) is 23.6 Å². The number of aromatic nitrogens is 1. The predicted molar refractivity (Wildman–Crippen MR) is 72.6 cm³/mol. The van der Waals surface area contributed by atoms with Gasteiger partial charge in [-0.2, -0.15) is 0 Å². The van der Waals surface area contributed by atoms with Crippen LogP contribution in [0.4, 0.5) is 10.2 Å². The van der Waals surface area contributed by atoms with Gasteiger partial charge in [0.1, 0.15) is 0 Å². The topological polar surface area (TPSA) is 45.2 Å². The molecular formula is C14H20FN3O. The molecule has 0 bridgehead atoms. The van der Waals surface area contributed by atoms with E-state index in [2.05, 4.69) is 17.2 Å². The van der Waals surface area contributed by atoms with Gasteiger partial charge in [0.15, 0.2) is 11.6 Å². The van der Waals surface area contributed by atoms with Crippen LogP contribution in [0, 0.1) is 11.7 Å². The van der Waals surface area contributed by atoms with Crippen molar-refractivity contribution in [2.75, 3.05) is 18.9 Å². The first kappa shape index (κ1) is 13.8. The molecule has 2 atom stereocenters. The summed E-state index contributed by atoms with van der Waals surface area (Å²) in [6.07, 6.45) is 3.40. The van der Waals surface area contributed by atoms with E-state index in [1.165, 1.54) is 12.3 Å². The summed E-state index contributed by atoms with van der Waals surface area (Å²) in [6, 6.07) is 1.60. The Hall–Kier alpha value is -1.65. The van der Waals surface area contributed by atoms with Crippen LogP contribution in [0.5, 0.6) is 0 Å². The lowest BCUT2D eigenvalue weighted by Crippen LogP contribution is -2.44. The van der Waals surface area contributed by atoms with Crippen molar-refractivity contribution >= 4 is 11.7 Å². The van der Waals surface area contributed by atoms with E-state index in [-0.39, 0.29) is 23.3 Å². The fourth-order valence-electron chi connectivity index (χ4n) is 2.65. The quantitative estimate of drug-likeness (QED) is 0.893. The third-order valence-electron chi connectivity index (χ3n) is 3.76. The van der Waals surface area contributed by atoms with Gasteiger partial charge in [-0.1, -0.05) is 6.92 Å². The predicted octanol–water partition coefficient (Wildman–Crippen LogP) is 2.52. The maximum Gasteiger partial charge on any atom is 0.257 e. The Bertz CT molecular complexity index is 478. The highest BCUT2D eigenvalue weighted by atomic mass is 19.1. The normalized spacial score (nSPS) is 23.3. The van der Waals surface area contributed by atoms with E-state index in [0.29, 0.717) is 12.5 Å². The van der Waals surface area contributed by atoms with E-state index in [0.717, 1.165) is 12.8 Å². The number of nitrogens with zero attached hydrogens (tertiary/aromatic N) is 2. The Labute approximate surface area is 113 Å². The molecule has 1 aliphatic rings. The first-order valence-corrected chi connectivity index (χ1v) is 6.67. The van der Waals surface area contributed by atoms with Crippen LogP contribution in [-0.4, -0.2) is 35.4 Å². The SMILES string of the molecule is CNc1nccc(C(=O)N2CCC(C)CC2C)c1F. The summed E-state index contributed by atoms with van der Waals surface area (Å²) in [6.45, 7) is 4.90. The number of likely N-dealkylation sites (tertiary alicyclic amines) is 1. The van der Waals surface area contributed by atoms with Crippen LogP contribution >= 0.6 is 0 Å². The highest BCUT2D eigenvalue weighted by molar-refractivity contribution is 5.95. The second-order valence-corrected chi connectivity index (χ2v) is 5.25. The monoisotopic (exact) mass is 265 g/mol. The molecule has 0 aliphatic carbocycles. The molecule has 1 aliphatic heterocycles. The Kier molecular flexibility index (Phi) is 4.02. The molecule has 0 aromatic carbocycles. The van der Waals surface area contributed by atoms with Gasteiger partial charge < -0.3 is 10.2 Å². The van der Waals surface area contributed by atoms with Gasteiger partial charge in [-0.3, -0.25) is 4.79 Å². The van der Waals surface area contributed by atoms with E-state index in [1.54, 1.807) is 11.9 Å². The first-order chi connectivity index (χ1) is 9.04. The summed E-state index contributed by atoms with van der Waals surface area (Å²) in [5.74, 6) is -0.0743. The average Bonchev–Trinajstić information content (AvgIpc) is 2.38. The lowest BCUT2D eigenvalue weighted by molar-refractivity contribution is 0.0584.